The van der Waals surface area contributed by atoms with Crippen LogP contribution in [-0.4, -0.2) is 66.0 Å². The lowest BCUT2D eigenvalue weighted by Gasteiger charge is -2.55. The van der Waals surface area contributed by atoms with Gasteiger partial charge in [0.2, 0.25) is 11.8 Å². The minimum absolute atomic E-state index is 0.0226. The number of unbranched alkanes of at least 4 members (excludes halogenated alkanes) is 2. The smallest absolute Gasteiger partial charge is 0.242 e. The lowest BCUT2D eigenvalue weighted by atomic mass is 9.59. The summed E-state index contributed by atoms with van der Waals surface area (Å²) < 4.78 is 0. The highest BCUT2D eigenvalue weighted by Gasteiger charge is 2.62. The number of likely N-dealkylation sites (tertiary alicyclic amines) is 1. The number of benzene rings is 2. The van der Waals surface area contributed by atoms with E-state index in [9.17, 15) is 14.7 Å². The first-order valence-corrected chi connectivity index (χ1v) is 17.2. The van der Waals surface area contributed by atoms with E-state index in [1.807, 2.05) is 30.3 Å². The molecule has 0 radical (unpaired) electrons. The highest BCUT2D eigenvalue weighted by atomic mass is 16.3. The molecule has 0 spiro atoms. The highest BCUT2D eigenvalue weighted by molar-refractivity contribution is 5.95. The maximum atomic E-state index is 14.3. The molecular formula is C37H54N6O3. The molecule has 4 unspecified atom stereocenters. The molecule has 1 saturated carbocycles. The molecule has 9 nitrogen and oxygen atoms in total. The van der Waals surface area contributed by atoms with Gasteiger partial charge in [0.1, 0.15) is 11.8 Å². The van der Waals surface area contributed by atoms with Crippen LogP contribution < -0.4 is 22.1 Å². The van der Waals surface area contributed by atoms with Crippen LogP contribution in [0.3, 0.4) is 0 Å². The number of aliphatic imine (C=N–C) groups is 1. The second kappa shape index (κ2) is 14.0. The van der Waals surface area contributed by atoms with Crippen molar-refractivity contribution in [2.24, 2.45) is 34.2 Å². The summed E-state index contributed by atoms with van der Waals surface area (Å²) in [5, 5.41) is 16.5. The molecule has 1 saturated heterocycles. The third kappa shape index (κ3) is 7.04. The van der Waals surface area contributed by atoms with Gasteiger partial charge in [-0.2, -0.15) is 0 Å². The number of nitrogens with one attached hydrogen (secondary N) is 2. The zero-order valence-electron chi connectivity index (χ0n) is 28.1. The molecule has 5 rings (SSSR count). The first-order chi connectivity index (χ1) is 22.0. The number of phenols is 1. The van der Waals surface area contributed by atoms with Crippen molar-refractivity contribution in [3.8, 4) is 5.75 Å². The largest absolute Gasteiger partial charge is 0.508 e. The van der Waals surface area contributed by atoms with Gasteiger partial charge in [-0.05, 0) is 103 Å². The van der Waals surface area contributed by atoms with Gasteiger partial charge in [0, 0.05) is 25.7 Å². The maximum Gasteiger partial charge on any atom is 0.242 e. The standard InChI is InChI=1S/C37H54N6O3/c1-24(2)19-31(33(45)40-16-9-6-10-17-41-35(38)39)42-34(46)37(27-11-7-5-8-12-27)22-28(37)23-43-18-15-36(4)25(3)32(43)20-26-13-14-29(44)21-30(26)36/h5,7-8,11-14,21,24-25,28,31-32,44H,6,9-10,15-20,22-23H2,1-4H3,(H,40,45)(H,42,46)(H4,38,39,41)/t25?,28?,31?,32?,36-,37+/m1/s1. The summed E-state index contributed by atoms with van der Waals surface area (Å²) in [6, 6.07) is 15.8. The second-order valence-electron chi connectivity index (χ2n) is 14.6. The van der Waals surface area contributed by atoms with Gasteiger partial charge in [-0.25, -0.2) is 0 Å². The number of phenolic OH excluding ortho intramolecular Hbond substituents is 1. The van der Waals surface area contributed by atoms with Crippen molar-refractivity contribution in [3.63, 3.8) is 0 Å². The molecule has 1 heterocycles. The Morgan fingerprint density at radius 2 is 1.87 bits per heavy atom. The van der Waals surface area contributed by atoms with Gasteiger partial charge in [-0.1, -0.05) is 64.1 Å². The number of aromatic hydroxyl groups is 1. The highest BCUT2D eigenvalue weighted by Crippen LogP contribution is 2.57. The van der Waals surface area contributed by atoms with E-state index in [-0.39, 0.29) is 35.0 Å². The Hall–Kier alpha value is -3.59. The van der Waals surface area contributed by atoms with E-state index in [2.05, 4.69) is 66.4 Å². The Bertz CT molecular complexity index is 1410. The van der Waals surface area contributed by atoms with Crippen molar-refractivity contribution >= 4 is 17.8 Å². The Balaban J connectivity index is 1.27. The molecule has 7 N–H and O–H groups in total. The number of rotatable bonds is 14. The fourth-order valence-corrected chi connectivity index (χ4v) is 8.20. The zero-order valence-corrected chi connectivity index (χ0v) is 28.1. The van der Waals surface area contributed by atoms with E-state index in [1.165, 1.54) is 11.1 Å². The molecule has 0 aromatic heterocycles. The first-order valence-electron chi connectivity index (χ1n) is 17.2. The van der Waals surface area contributed by atoms with Crippen LogP contribution in [0.4, 0.5) is 0 Å². The molecule has 2 amide bonds. The number of fused-ring (bicyclic) bond motifs is 4. The number of nitrogens with zero attached hydrogens (tertiary/aromatic N) is 2. The number of amides is 2. The van der Waals surface area contributed by atoms with E-state index in [4.69, 9.17) is 11.5 Å². The van der Waals surface area contributed by atoms with E-state index in [0.717, 1.165) is 57.2 Å². The van der Waals surface area contributed by atoms with Crippen molar-refractivity contribution in [3.05, 3.63) is 65.2 Å². The molecule has 250 valence electrons. The molecule has 9 heteroatoms. The quantitative estimate of drug-likeness (QED) is 0.121. The SMILES string of the molecule is CC(C)CC(NC(=O)[C@]1(c2ccccc2)CC1CN1CC[C@@]2(C)c3cc(O)ccc3CC1C2C)C(=O)NCCCCCN=C(N)N. The van der Waals surface area contributed by atoms with Crippen LogP contribution in [0, 0.1) is 17.8 Å². The summed E-state index contributed by atoms with van der Waals surface area (Å²) in [6.45, 7) is 11.8. The van der Waals surface area contributed by atoms with Crippen LogP contribution >= 0.6 is 0 Å². The van der Waals surface area contributed by atoms with Crippen LogP contribution in [0.1, 0.15) is 82.9 Å². The van der Waals surface area contributed by atoms with Crippen molar-refractivity contribution in [1.29, 1.82) is 0 Å². The van der Waals surface area contributed by atoms with Crippen LogP contribution in [0.2, 0.25) is 0 Å². The number of hydrogen-bond acceptors (Lipinski definition) is 5. The van der Waals surface area contributed by atoms with E-state index in [0.29, 0.717) is 37.2 Å². The van der Waals surface area contributed by atoms with Gasteiger partial charge < -0.3 is 27.2 Å². The normalized spacial score (nSPS) is 27.4. The summed E-state index contributed by atoms with van der Waals surface area (Å²) in [4.78, 5) is 34.3. The number of nitrogens with two attached hydrogens (primary N) is 2. The lowest BCUT2D eigenvalue weighted by molar-refractivity contribution is -0.131. The van der Waals surface area contributed by atoms with Gasteiger partial charge in [0.15, 0.2) is 5.96 Å². The topological polar surface area (TPSA) is 146 Å². The van der Waals surface area contributed by atoms with Gasteiger partial charge in [0.25, 0.3) is 0 Å². The zero-order chi connectivity index (χ0) is 33.1. The average molecular weight is 631 g/mol. The third-order valence-electron chi connectivity index (χ3n) is 11.1. The molecule has 2 aromatic rings. The van der Waals surface area contributed by atoms with E-state index >= 15 is 0 Å². The minimum atomic E-state index is -0.648. The van der Waals surface area contributed by atoms with Gasteiger partial charge in [-0.3, -0.25) is 19.5 Å². The third-order valence-corrected chi connectivity index (χ3v) is 11.1. The second-order valence-corrected chi connectivity index (χ2v) is 14.6. The number of hydrogen-bond donors (Lipinski definition) is 5. The lowest BCUT2D eigenvalue weighted by Crippen LogP contribution is -2.58. The molecular weight excluding hydrogens is 576 g/mol. The number of carbonyl (C=O) groups excluding carboxylic acids is 2. The van der Waals surface area contributed by atoms with Crippen molar-refractivity contribution in [2.45, 2.75) is 95.6 Å². The molecule has 2 bridgehead atoms. The minimum Gasteiger partial charge on any atom is -0.508 e. The molecule has 2 aromatic carbocycles. The molecule has 2 fully saturated rings. The Labute approximate surface area is 274 Å². The van der Waals surface area contributed by atoms with Crippen LogP contribution in [0.15, 0.2) is 53.5 Å². The Morgan fingerprint density at radius 1 is 1.11 bits per heavy atom. The summed E-state index contributed by atoms with van der Waals surface area (Å²) in [6.07, 6.45) is 5.90. The maximum absolute atomic E-state index is 14.3. The molecule has 1 aliphatic heterocycles. The number of guanidine groups is 1. The van der Waals surface area contributed by atoms with Crippen LogP contribution in [0.5, 0.6) is 5.75 Å². The van der Waals surface area contributed by atoms with Gasteiger partial charge in [-0.15, -0.1) is 0 Å². The van der Waals surface area contributed by atoms with E-state index < -0.39 is 11.5 Å². The summed E-state index contributed by atoms with van der Waals surface area (Å²) in [5.41, 5.74) is 13.8. The first kappa shape index (κ1) is 33.8. The summed E-state index contributed by atoms with van der Waals surface area (Å²) in [5.74, 6) is 1.12. The molecule has 46 heavy (non-hydrogen) atoms. The van der Waals surface area contributed by atoms with Crippen molar-refractivity contribution in [1.82, 2.24) is 15.5 Å². The van der Waals surface area contributed by atoms with Gasteiger partial charge >= 0.3 is 0 Å². The van der Waals surface area contributed by atoms with Crippen molar-refractivity contribution < 1.29 is 14.7 Å². The van der Waals surface area contributed by atoms with Crippen LogP contribution in [-0.2, 0) is 26.8 Å². The van der Waals surface area contributed by atoms with Gasteiger partial charge in [0.05, 0.1) is 5.41 Å². The van der Waals surface area contributed by atoms with Crippen molar-refractivity contribution in [2.75, 3.05) is 26.2 Å². The molecule has 2 aliphatic carbocycles. The summed E-state index contributed by atoms with van der Waals surface area (Å²) >= 11 is 0. The fourth-order valence-electron chi connectivity index (χ4n) is 8.20. The Morgan fingerprint density at radius 3 is 2.59 bits per heavy atom. The number of carbonyl (C=O) groups is 2. The molecule has 3 aliphatic rings. The van der Waals surface area contributed by atoms with E-state index in [1.54, 1.807) is 0 Å². The number of piperidine rings is 1. The van der Waals surface area contributed by atoms with Crippen LogP contribution in [0.25, 0.3) is 0 Å². The molecule has 6 atom stereocenters. The predicted octanol–water partition coefficient (Wildman–Crippen LogP) is 3.97. The monoisotopic (exact) mass is 630 g/mol. The predicted molar refractivity (Wildman–Crippen MR) is 183 cm³/mol. The summed E-state index contributed by atoms with van der Waals surface area (Å²) in [7, 11) is 0. The fraction of sp³-hybridized carbons (Fsp3) is 0.595. The Kier molecular flexibility index (Phi) is 10.3. The average Bonchev–Trinajstić information content (AvgIpc) is 3.75.